The van der Waals surface area contributed by atoms with E-state index in [2.05, 4.69) is 32.9 Å². The molecule has 0 spiro atoms. The lowest BCUT2D eigenvalue weighted by Crippen LogP contribution is -2.30. The number of carbonyl (C=O) groups is 3. The molecule has 3 unspecified atom stereocenters. The van der Waals surface area contributed by atoms with Crippen LogP contribution in [0.4, 0.5) is 0 Å². The van der Waals surface area contributed by atoms with Gasteiger partial charge in [-0.15, -0.1) is 0 Å². The van der Waals surface area contributed by atoms with E-state index in [0.717, 1.165) is 64.2 Å². The third kappa shape index (κ3) is 58.9. The molecule has 0 aliphatic carbocycles. The van der Waals surface area contributed by atoms with Gasteiger partial charge in [-0.25, -0.2) is 4.57 Å². The van der Waals surface area contributed by atoms with Gasteiger partial charge in [0.05, 0.1) is 19.8 Å². The van der Waals surface area contributed by atoms with Gasteiger partial charge < -0.3 is 24.2 Å². The van der Waals surface area contributed by atoms with Crippen LogP contribution in [0.2, 0.25) is 0 Å². The first-order valence-electron chi connectivity index (χ1n) is 33.6. The van der Waals surface area contributed by atoms with E-state index in [-0.39, 0.29) is 25.9 Å². The Balaban J connectivity index is 4.63. The minimum atomic E-state index is -4.75. The molecule has 0 aromatic heterocycles. The summed E-state index contributed by atoms with van der Waals surface area (Å²) in [5.74, 6) is -1.43. The third-order valence-electron chi connectivity index (χ3n) is 15.2. The molecule has 462 valence electrons. The number of phosphoric acid groups is 1. The Morgan fingerprint density at radius 3 is 0.885 bits per heavy atom. The predicted octanol–water partition coefficient (Wildman–Crippen LogP) is 20.4. The lowest BCUT2D eigenvalue weighted by Gasteiger charge is -2.21. The first kappa shape index (κ1) is 76.2. The number of aliphatic hydroxyl groups excluding tert-OH is 1. The average Bonchev–Trinajstić information content (AvgIpc) is 3.43. The number of rotatable bonds is 64. The molecule has 12 heteroatoms. The van der Waals surface area contributed by atoms with Gasteiger partial charge in [-0.05, 0) is 44.9 Å². The maximum atomic E-state index is 13.0. The smallest absolute Gasteiger partial charge is 0.462 e. The monoisotopic (exact) mass is 1130 g/mol. The summed E-state index contributed by atoms with van der Waals surface area (Å²) in [6.07, 6.45) is 63.0. The fourth-order valence-electron chi connectivity index (χ4n) is 10.1. The highest BCUT2D eigenvalue weighted by molar-refractivity contribution is 7.47. The van der Waals surface area contributed by atoms with Crippen LogP contribution in [0.1, 0.15) is 355 Å². The zero-order chi connectivity index (χ0) is 56.9. The molecule has 0 radical (unpaired) electrons. The van der Waals surface area contributed by atoms with Crippen molar-refractivity contribution in [2.45, 2.75) is 367 Å². The second kappa shape index (κ2) is 61.3. The fraction of sp³-hybridized carbons (Fsp3) is 0.924. The Labute approximate surface area is 481 Å². The third-order valence-corrected chi connectivity index (χ3v) is 16.1. The number of aliphatic hydroxyl groups is 1. The Bertz CT molecular complexity index is 1360. The molecule has 0 heterocycles. The van der Waals surface area contributed by atoms with Crippen LogP contribution >= 0.6 is 7.82 Å². The second-order valence-electron chi connectivity index (χ2n) is 23.0. The van der Waals surface area contributed by atoms with E-state index >= 15 is 0 Å². The van der Waals surface area contributed by atoms with Crippen molar-refractivity contribution in [2.24, 2.45) is 0 Å². The summed E-state index contributed by atoms with van der Waals surface area (Å²) < 4.78 is 39.8. The summed E-state index contributed by atoms with van der Waals surface area (Å²) in [4.78, 5) is 48.8. The highest BCUT2D eigenvalue weighted by Gasteiger charge is 2.28. The number of hydrogen-bond donors (Lipinski definition) is 2. The number of hydrogen-bond acceptors (Lipinski definition) is 10. The van der Waals surface area contributed by atoms with Crippen molar-refractivity contribution in [2.75, 3.05) is 26.4 Å². The highest BCUT2D eigenvalue weighted by Crippen LogP contribution is 2.43. The number of esters is 3. The fourth-order valence-corrected chi connectivity index (χ4v) is 10.8. The van der Waals surface area contributed by atoms with Gasteiger partial charge >= 0.3 is 25.7 Å². The van der Waals surface area contributed by atoms with E-state index in [1.165, 1.54) is 231 Å². The summed E-state index contributed by atoms with van der Waals surface area (Å²) >= 11 is 0. The molecule has 0 saturated carbocycles. The zero-order valence-electron chi connectivity index (χ0n) is 51.4. The van der Waals surface area contributed by atoms with Crippen molar-refractivity contribution < 1.29 is 52.2 Å². The standard InChI is InChI=1S/C66H127O11P/c1-4-7-10-13-16-19-22-25-28-30-31-33-35-37-40-43-46-49-52-55-64(68)73-59-63(77-66(70)57-54-51-48-45-42-39-36-32-29-26-23-20-17-14-11-8-5-2)61-75-78(71,72)74-60-62(58-67)76-65(69)56-53-50-47-44-41-38-34-27-24-21-18-15-12-9-6-3/h26,29,62-63,67H,4-25,27-28,30-61H2,1-3H3,(H,71,72)/b29-26-. The van der Waals surface area contributed by atoms with Crippen molar-refractivity contribution in [3.63, 3.8) is 0 Å². The Morgan fingerprint density at radius 2 is 0.590 bits per heavy atom. The second-order valence-corrected chi connectivity index (χ2v) is 24.5. The number of allylic oxidation sites excluding steroid dienone is 2. The SMILES string of the molecule is CCCCCCCC/C=C\CCCCCCCCCC(=O)OC(COC(=O)CCCCCCCCCCCCCCCCCCCCC)COP(=O)(O)OCC(CO)OC(=O)CCCCCCCCCCCCCCCCC. The van der Waals surface area contributed by atoms with Crippen molar-refractivity contribution >= 4 is 25.7 Å². The maximum absolute atomic E-state index is 13.0. The van der Waals surface area contributed by atoms with Gasteiger partial charge in [-0.3, -0.25) is 23.4 Å². The van der Waals surface area contributed by atoms with Gasteiger partial charge in [-0.1, -0.05) is 303 Å². The van der Waals surface area contributed by atoms with Crippen molar-refractivity contribution in [3.05, 3.63) is 12.2 Å². The van der Waals surface area contributed by atoms with Gasteiger partial charge in [0.1, 0.15) is 12.7 Å². The van der Waals surface area contributed by atoms with E-state index < -0.39 is 57.8 Å². The van der Waals surface area contributed by atoms with Gasteiger partial charge in [0.25, 0.3) is 0 Å². The maximum Gasteiger partial charge on any atom is 0.472 e. The van der Waals surface area contributed by atoms with Crippen LogP contribution < -0.4 is 0 Å². The Morgan fingerprint density at radius 1 is 0.346 bits per heavy atom. The van der Waals surface area contributed by atoms with Gasteiger partial charge in [0.15, 0.2) is 6.10 Å². The van der Waals surface area contributed by atoms with E-state index in [4.69, 9.17) is 23.3 Å². The van der Waals surface area contributed by atoms with Crippen molar-refractivity contribution in [1.82, 2.24) is 0 Å². The molecule has 0 rings (SSSR count). The van der Waals surface area contributed by atoms with Crippen LogP contribution in [0.15, 0.2) is 12.2 Å². The molecular formula is C66H127O11P. The number of carbonyl (C=O) groups excluding carboxylic acids is 3. The number of ether oxygens (including phenoxy) is 3. The highest BCUT2D eigenvalue weighted by atomic mass is 31.2. The molecule has 78 heavy (non-hydrogen) atoms. The topological polar surface area (TPSA) is 155 Å². The minimum absolute atomic E-state index is 0.170. The van der Waals surface area contributed by atoms with Crippen LogP contribution in [0.5, 0.6) is 0 Å². The van der Waals surface area contributed by atoms with Crippen LogP contribution in [0, 0.1) is 0 Å². The molecule has 0 amide bonds. The lowest BCUT2D eigenvalue weighted by atomic mass is 10.0. The first-order chi connectivity index (χ1) is 38.2. The quantitative estimate of drug-likeness (QED) is 0.0197. The van der Waals surface area contributed by atoms with Crippen molar-refractivity contribution in [1.29, 1.82) is 0 Å². The summed E-state index contributed by atoms with van der Waals surface area (Å²) in [6.45, 7) is 4.74. The van der Waals surface area contributed by atoms with E-state index in [1.807, 2.05) is 0 Å². The molecule has 0 bridgehead atoms. The van der Waals surface area contributed by atoms with Gasteiger partial charge in [0.2, 0.25) is 0 Å². The predicted molar refractivity (Wildman–Crippen MR) is 326 cm³/mol. The normalized spacial score (nSPS) is 13.2. The summed E-state index contributed by atoms with van der Waals surface area (Å²) in [7, 11) is -4.75. The van der Waals surface area contributed by atoms with E-state index in [1.54, 1.807) is 0 Å². The van der Waals surface area contributed by atoms with Gasteiger partial charge in [0, 0.05) is 19.3 Å². The van der Waals surface area contributed by atoms with Crippen LogP contribution in [0.3, 0.4) is 0 Å². The molecule has 0 fully saturated rings. The van der Waals surface area contributed by atoms with Crippen molar-refractivity contribution in [3.8, 4) is 0 Å². The molecule has 2 N–H and O–H groups in total. The zero-order valence-corrected chi connectivity index (χ0v) is 52.3. The molecule has 0 aromatic rings. The summed E-state index contributed by atoms with van der Waals surface area (Å²) in [5.41, 5.74) is 0. The van der Waals surface area contributed by atoms with Crippen LogP contribution in [-0.4, -0.2) is 66.5 Å². The molecule has 0 saturated heterocycles. The number of unbranched alkanes of at least 4 members (excludes halogenated alkanes) is 45. The minimum Gasteiger partial charge on any atom is -0.462 e. The van der Waals surface area contributed by atoms with Crippen LogP contribution in [0.25, 0.3) is 0 Å². The Hall–Kier alpha value is -1.78. The summed E-state index contributed by atoms with van der Waals surface area (Å²) in [6, 6.07) is 0. The first-order valence-corrected chi connectivity index (χ1v) is 35.1. The van der Waals surface area contributed by atoms with Crippen LogP contribution in [-0.2, 0) is 42.2 Å². The van der Waals surface area contributed by atoms with E-state index in [0.29, 0.717) is 19.3 Å². The van der Waals surface area contributed by atoms with Gasteiger partial charge in [-0.2, -0.15) is 0 Å². The lowest BCUT2D eigenvalue weighted by molar-refractivity contribution is -0.161. The molecule has 0 aliphatic rings. The molecule has 0 aromatic carbocycles. The molecule has 11 nitrogen and oxygen atoms in total. The summed E-state index contributed by atoms with van der Waals surface area (Å²) in [5, 5.41) is 9.85. The van der Waals surface area contributed by atoms with E-state index in [9.17, 15) is 28.9 Å². The molecular weight excluding hydrogens is 1000 g/mol. The molecule has 0 aliphatic heterocycles. The Kier molecular flexibility index (Phi) is 59.9. The average molecular weight is 1130 g/mol. The molecule has 3 atom stereocenters. The largest absolute Gasteiger partial charge is 0.472 e. The number of phosphoric ester groups is 1.